The lowest BCUT2D eigenvalue weighted by Gasteiger charge is -2.33. The molecule has 0 aliphatic rings. The summed E-state index contributed by atoms with van der Waals surface area (Å²) in [5.74, 6) is -3.43. The van der Waals surface area contributed by atoms with Gasteiger partial charge in [-0.05, 0) is 50.6 Å². The van der Waals surface area contributed by atoms with Gasteiger partial charge in [0, 0.05) is 17.7 Å². The molecule has 7 nitrogen and oxygen atoms in total. The Bertz CT molecular complexity index is 839. The standard InChI is InChI=1S/C21H23NO6/c1-20(2,3)28-21(18(24)25,19(26)27)13-14-9-11-16(12-10-14)22-17(23)15-7-5-4-6-8-15/h4-12H,13H2,1-3H3,(H,22,23)(H,24,25)(H,26,27). The van der Waals surface area contributed by atoms with E-state index in [0.29, 0.717) is 16.8 Å². The van der Waals surface area contributed by atoms with Crippen molar-refractivity contribution in [3.8, 4) is 0 Å². The van der Waals surface area contributed by atoms with Gasteiger partial charge in [-0.1, -0.05) is 30.3 Å². The molecule has 0 atom stereocenters. The summed E-state index contributed by atoms with van der Waals surface area (Å²) in [6.45, 7) is 4.78. The smallest absolute Gasteiger partial charge is 0.348 e. The third kappa shape index (κ3) is 5.17. The topological polar surface area (TPSA) is 113 Å². The van der Waals surface area contributed by atoms with Crippen LogP contribution in [0.25, 0.3) is 0 Å². The van der Waals surface area contributed by atoms with Crippen molar-refractivity contribution in [1.29, 1.82) is 0 Å². The highest BCUT2D eigenvalue weighted by molar-refractivity contribution is 6.04. The Morgan fingerprint density at radius 2 is 1.43 bits per heavy atom. The minimum Gasteiger partial charge on any atom is -0.479 e. The molecule has 0 unspecified atom stereocenters. The van der Waals surface area contributed by atoms with Gasteiger partial charge in [0.05, 0.1) is 5.60 Å². The monoisotopic (exact) mass is 385 g/mol. The van der Waals surface area contributed by atoms with Crippen LogP contribution >= 0.6 is 0 Å². The van der Waals surface area contributed by atoms with Crippen LogP contribution in [-0.4, -0.2) is 39.3 Å². The molecular weight excluding hydrogens is 362 g/mol. The molecule has 2 aromatic rings. The van der Waals surface area contributed by atoms with E-state index in [-0.39, 0.29) is 12.3 Å². The van der Waals surface area contributed by atoms with Gasteiger partial charge in [-0.3, -0.25) is 4.79 Å². The normalized spacial score (nSPS) is 11.7. The van der Waals surface area contributed by atoms with Crippen molar-refractivity contribution in [2.75, 3.05) is 5.32 Å². The van der Waals surface area contributed by atoms with E-state index in [2.05, 4.69) is 5.32 Å². The second-order valence-corrected chi connectivity index (χ2v) is 7.35. The van der Waals surface area contributed by atoms with Gasteiger partial charge < -0.3 is 20.3 Å². The number of carbonyl (C=O) groups excluding carboxylic acids is 1. The molecular formula is C21H23NO6. The van der Waals surface area contributed by atoms with Crippen molar-refractivity contribution in [3.05, 3.63) is 65.7 Å². The van der Waals surface area contributed by atoms with Crippen LogP contribution in [0.2, 0.25) is 0 Å². The highest BCUT2D eigenvalue weighted by Crippen LogP contribution is 2.26. The molecule has 0 saturated carbocycles. The molecule has 0 fully saturated rings. The van der Waals surface area contributed by atoms with Crippen LogP contribution in [0.3, 0.4) is 0 Å². The molecule has 7 heteroatoms. The molecule has 0 radical (unpaired) electrons. The first-order valence-corrected chi connectivity index (χ1v) is 8.66. The molecule has 3 N–H and O–H groups in total. The number of benzene rings is 2. The van der Waals surface area contributed by atoms with Crippen molar-refractivity contribution >= 4 is 23.5 Å². The number of amides is 1. The fourth-order valence-corrected chi connectivity index (χ4v) is 2.67. The highest BCUT2D eigenvalue weighted by atomic mass is 16.6. The molecule has 2 rings (SSSR count). The molecule has 148 valence electrons. The van der Waals surface area contributed by atoms with Gasteiger partial charge in [0.25, 0.3) is 11.5 Å². The number of hydrogen-bond acceptors (Lipinski definition) is 4. The van der Waals surface area contributed by atoms with Gasteiger partial charge in [0.2, 0.25) is 0 Å². The average Bonchev–Trinajstić information content (AvgIpc) is 2.62. The SMILES string of the molecule is CC(C)(C)OC(Cc1ccc(NC(=O)c2ccccc2)cc1)(C(=O)O)C(=O)O. The Balaban J connectivity index is 2.20. The zero-order valence-electron chi connectivity index (χ0n) is 15.9. The van der Waals surface area contributed by atoms with Crippen LogP contribution < -0.4 is 5.32 Å². The first-order chi connectivity index (χ1) is 13.0. The van der Waals surface area contributed by atoms with Crippen LogP contribution in [0.5, 0.6) is 0 Å². The van der Waals surface area contributed by atoms with E-state index in [0.717, 1.165) is 0 Å². The number of nitrogens with one attached hydrogen (secondary N) is 1. The molecule has 1 amide bonds. The largest absolute Gasteiger partial charge is 0.479 e. The summed E-state index contributed by atoms with van der Waals surface area (Å²) in [7, 11) is 0. The van der Waals surface area contributed by atoms with Gasteiger partial charge in [-0.2, -0.15) is 0 Å². The Morgan fingerprint density at radius 3 is 1.89 bits per heavy atom. The van der Waals surface area contributed by atoms with Crippen molar-refractivity contribution in [1.82, 2.24) is 0 Å². The number of anilines is 1. The van der Waals surface area contributed by atoms with Gasteiger partial charge in [-0.25, -0.2) is 9.59 Å². The molecule has 0 spiro atoms. The predicted octanol–water partition coefficient (Wildman–Crippen LogP) is 3.20. The molecule has 28 heavy (non-hydrogen) atoms. The van der Waals surface area contributed by atoms with Gasteiger partial charge in [0.1, 0.15) is 0 Å². The summed E-state index contributed by atoms with van der Waals surface area (Å²) < 4.78 is 5.44. The Kier molecular flexibility index (Phi) is 6.20. The summed E-state index contributed by atoms with van der Waals surface area (Å²) in [6, 6.07) is 15.0. The maximum Gasteiger partial charge on any atom is 0.348 e. The number of carboxylic acid groups (broad SMARTS) is 2. The van der Waals surface area contributed by atoms with Crippen LogP contribution in [0.1, 0.15) is 36.7 Å². The van der Waals surface area contributed by atoms with Crippen molar-refractivity contribution in [3.63, 3.8) is 0 Å². The Hall–Kier alpha value is -3.19. The summed E-state index contributed by atoms with van der Waals surface area (Å²) in [5, 5.41) is 21.8. The maximum atomic E-state index is 12.2. The Morgan fingerprint density at radius 1 is 0.893 bits per heavy atom. The van der Waals surface area contributed by atoms with Crippen LogP contribution in [0.4, 0.5) is 5.69 Å². The molecule has 0 saturated heterocycles. The van der Waals surface area contributed by atoms with E-state index in [1.807, 2.05) is 6.07 Å². The van der Waals surface area contributed by atoms with E-state index in [1.165, 1.54) is 0 Å². The summed E-state index contributed by atoms with van der Waals surface area (Å²) in [4.78, 5) is 35.7. The highest BCUT2D eigenvalue weighted by Gasteiger charge is 2.50. The predicted molar refractivity (Wildman–Crippen MR) is 103 cm³/mol. The second kappa shape index (κ2) is 8.22. The van der Waals surface area contributed by atoms with Crippen molar-refractivity contribution in [2.45, 2.75) is 38.4 Å². The van der Waals surface area contributed by atoms with E-state index in [1.54, 1.807) is 69.3 Å². The zero-order chi connectivity index (χ0) is 20.9. The maximum absolute atomic E-state index is 12.2. The quantitative estimate of drug-likeness (QED) is 0.631. The Labute approximate surface area is 163 Å². The lowest BCUT2D eigenvalue weighted by Crippen LogP contribution is -2.54. The third-order valence-corrected chi connectivity index (χ3v) is 3.87. The molecule has 0 heterocycles. The zero-order valence-corrected chi connectivity index (χ0v) is 15.9. The van der Waals surface area contributed by atoms with Crippen LogP contribution in [-0.2, 0) is 20.7 Å². The number of carbonyl (C=O) groups is 3. The van der Waals surface area contributed by atoms with E-state index in [4.69, 9.17) is 4.74 Å². The number of hydrogen-bond donors (Lipinski definition) is 3. The van der Waals surface area contributed by atoms with Gasteiger partial charge in [0.15, 0.2) is 0 Å². The summed E-state index contributed by atoms with van der Waals surface area (Å²) in [6.07, 6.45) is -0.359. The molecule has 0 bridgehead atoms. The first kappa shape index (κ1) is 21.1. The van der Waals surface area contributed by atoms with Gasteiger partial charge in [-0.15, -0.1) is 0 Å². The fourth-order valence-electron chi connectivity index (χ4n) is 2.67. The molecule has 0 aliphatic heterocycles. The number of ether oxygens (including phenoxy) is 1. The lowest BCUT2D eigenvalue weighted by atomic mass is 9.93. The van der Waals surface area contributed by atoms with Crippen LogP contribution in [0, 0.1) is 0 Å². The van der Waals surface area contributed by atoms with Crippen molar-refractivity contribution < 1.29 is 29.3 Å². The second-order valence-electron chi connectivity index (χ2n) is 7.35. The molecule has 0 aliphatic carbocycles. The average molecular weight is 385 g/mol. The number of aliphatic carboxylic acids is 2. The first-order valence-electron chi connectivity index (χ1n) is 8.66. The number of carboxylic acids is 2. The summed E-state index contributed by atoms with van der Waals surface area (Å²) >= 11 is 0. The van der Waals surface area contributed by atoms with E-state index < -0.39 is 23.1 Å². The lowest BCUT2D eigenvalue weighted by molar-refractivity contribution is -0.199. The van der Waals surface area contributed by atoms with Gasteiger partial charge >= 0.3 is 11.9 Å². The number of rotatable bonds is 7. The van der Waals surface area contributed by atoms with E-state index >= 15 is 0 Å². The minimum atomic E-state index is -2.41. The van der Waals surface area contributed by atoms with E-state index in [9.17, 15) is 24.6 Å². The van der Waals surface area contributed by atoms with Crippen molar-refractivity contribution in [2.24, 2.45) is 0 Å². The molecule has 0 aromatic heterocycles. The summed E-state index contributed by atoms with van der Waals surface area (Å²) in [5.41, 5.74) is -1.92. The fraction of sp³-hybridized carbons (Fsp3) is 0.286. The van der Waals surface area contributed by atoms with Crippen LogP contribution in [0.15, 0.2) is 54.6 Å². The minimum absolute atomic E-state index is 0.283. The molecule has 2 aromatic carbocycles. The third-order valence-electron chi connectivity index (χ3n) is 3.87.